The molecular weight excluding hydrogens is 252 g/mol. The molecule has 0 aliphatic heterocycles. The Morgan fingerprint density at radius 3 is 2.89 bits per heavy atom. The van der Waals surface area contributed by atoms with Crippen molar-refractivity contribution in [2.45, 2.75) is 50.1 Å². The van der Waals surface area contributed by atoms with Crippen LogP contribution >= 0.6 is 11.8 Å². The SMILES string of the molecule is CCCCCNC(=O)C(C)Sc1nnc(CN)o1. The van der Waals surface area contributed by atoms with E-state index in [0.717, 1.165) is 25.8 Å². The van der Waals surface area contributed by atoms with Crippen LogP contribution in [-0.4, -0.2) is 27.9 Å². The highest BCUT2D eigenvalue weighted by atomic mass is 32.2. The van der Waals surface area contributed by atoms with Gasteiger partial charge in [0.2, 0.25) is 11.8 Å². The molecule has 1 rings (SSSR count). The number of nitrogens with two attached hydrogens (primary N) is 1. The van der Waals surface area contributed by atoms with Gasteiger partial charge >= 0.3 is 0 Å². The summed E-state index contributed by atoms with van der Waals surface area (Å²) >= 11 is 1.24. The maximum absolute atomic E-state index is 11.7. The van der Waals surface area contributed by atoms with Crippen molar-refractivity contribution in [3.8, 4) is 0 Å². The number of thioether (sulfide) groups is 1. The Bertz CT molecular complexity index is 370. The fourth-order valence-electron chi connectivity index (χ4n) is 1.30. The van der Waals surface area contributed by atoms with E-state index in [2.05, 4.69) is 22.4 Å². The first-order valence-corrected chi connectivity index (χ1v) is 7.02. The first-order valence-electron chi connectivity index (χ1n) is 6.14. The molecule has 1 aromatic rings. The summed E-state index contributed by atoms with van der Waals surface area (Å²) in [6, 6.07) is 0. The number of hydrogen-bond donors (Lipinski definition) is 2. The number of nitrogens with one attached hydrogen (secondary N) is 1. The average Bonchev–Trinajstić information content (AvgIpc) is 2.82. The minimum Gasteiger partial charge on any atom is -0.415 e. The monoisotopic (exact) mass is 272 g/mol. The fraction of sp³-hybridized carbons (Fsp3) is 0.727. The van der Waals surface area contributed by atoms with Gasteiger partial charge in [-0.2, -0.15) is 0 Å². The smallest absolute Gasteiger partial charge is 0.277 e. The Hall–Kier alpha value is -1.08. The van der Waals surface area contributed by atoms with Gasteiger partial charge in [0.05, 0.1) is 11.8 Å². The molecular formula is C11H20N4O2S. The second kappa shape index (κ2) is 8.10. The van der Waals surface area contributed by atoms with Crippen molar-refractivity contribution in [1.82, 2.24) is 15.5 Å². The second-order valence-corrected chi connectivity index (χ2v) is 5.22. The van der Waals surface area contributed by atoms with Crippen molar-refractivity contribution in [2.24, 2.45) is 5.73 Å². The molecule has 18 heavy (non-hydrogen) atoms. The van der Waals surface area contributed by atoms with Crippen LogP contribution in [0.25, 0.3) is 0 Å². The summed E-state index contributed by atoms with van der Waals surface area (Å²) in [4.78, 5) is 11.7. The van der Waals surface area contributed by atoms with E-state index in [0.29, 0.717) is 11.1 Å². The molecule has 102 valence electrons. The number of carbonyl (C=O) groups is 1. The zero-order chi connectivity index (χ0) is 13.4. The molecule has 0 saturated heterocycles. The molecule has 0 aromatic carbocycles. The van der Waals surface area contributed by atoms with E-state index in [4.69, 9.17) is 10.2 Å². The highest BCUT2D eigenvalue weighted by Crippen LogP contribution is 2.21. The predicted octanol–water partition coefficient (Wildman–Crippen LogP) is 1.32. The van der Waals surface area contributed by atoms with Crippen molar-refractivity contribution < 1.29 is 9.21 Å². The van der Waals surface area contributed by atoms with E-state index >= 15 is 0 Å². The molecule has 1 aromatic heterocycles. The van der Waals surface area contributed by atoms with E-state index in [1.807, 2.05) is 6.92 Å². The summed E-state index contributed by atoms with van der Waals surface area (Å²) in [6.07, 6.45) is 3.28. The molecule has 0 bridgehead atoms. The molecule has 1 heterocycles. The summed E-state index contributed by atoms with van der Waals surface area (Å²) in [5, 5.41) is 10.6. The van der Waals surface area contributed by atoms with E-state index < -0.39 is 0 Å². The number of nitrogens with zero attached hydrogens (tertiary/aromatic N) is 2. The zero-order valence-electron chi connectivity index (χ0n) is 10.8. The van der Waals surface area contributed by atoms with Gasteiger partial charge in [-0.15, -0.1) is 10.2 Å². The summed E-state index contributed by atoms with van der Waals surface area (Å²) in [5.41, 5.74) is 5.36. The van der Waals surface area contributed by atoms with Crippen LogP contribution in [0.3, 0.4) is 0 Å². The van der Waals surface area contributed by atoms with E-state index in [-0.39, 0.29) is 17.7 Å². The van der Waals surface area contributed by atoms with E-state index in [9.17, 15) is 4.79 Å². The Kier molecular flexibility index (Phi) is 6.74. The van der Waals surface area contributed by atoms with Crippen LogP contribution in [0.1, 0.15) is 39.0 Å². The Labute approximate surface area is 111 Å². The maximum Gasteiger partial charge on any atom is 0.277 e. The molecule has 0 saturated carbocycles. The third kappa shape index (κ3) is 5.05. The summed E-state index contributed by atoms with van der Waals surface area (Å²) in [7, 11) is 0. The fourth-order valence-corrected chi connectivity index (χ4v) is 2.03. The van der Waals surface area contributed by atoms with Gasteiger partial charge in [0.15, 0.2) is 0 Å². The molecule has 0 aliphatic carbocycles. The number of carbonyl (C=O) groups excluding carboxylic acids is 1. The molecule has 1 amide bonds. The van der Waals surface area contributed by atoms with Crippen LogP contribution in [0, 0.1) is 0 Å². The number of hydrogen-bond acceptors (Lipinski definition) is 6. The van der Waals surface area contributed by atoms with Gasteiger partial charge in [-0.25, -0.2) is 0 Å². The van der Waals surface area contributed by atoms with E-state index in [1.165, 1.54) is 11.8 Å². The van der Waals surface area contributed by atoms with Crippen LogP contribution in [0.15, 0.2) is 9.64 Å². The highest BCUT2D eigenvalue weighted by Gasteiger charge is 2.17. The molecule has 0 fully saturated rings. The maximum atomic E-state index is 11.7. The van der Waals surface area contributed by atoms with Gasteiger partial charge in [0.1, 0.15) is 0 Å². The lowest BCUT2D eigenvalue weighted by Crippen LogP contribution is -2.31. The highest BCUT2D eigenvalue weighted by molar-refractivity contribution is 8.00. The van der Waals surface area contributed by atoms with Crippen molar-refractivity contribution in [1.29, 1.82) is 0 Å². The quantitative estimate of drug-likeness (QED) is 0.547. The third-order valence-electron chi connectivity index (χ3n) is 2.35. The van der Waals surface area contributed by atoms with Crippen molar-refractivity contribution >= 4 is 17.7 Å². The van der Waals surface area contributed by atoms with E-state index in [1.54, 1.807) is 0 Å². The van der Waals surface area contributed by atoms with Crippen LogP contribution in [-0.2, 0) is 11.3 Å². The van der Waals surface area contributed by atoms with Gasteiger partial charge in [-0.05, 0) is 13.3 Å². The average molecular weight is 272 g/mol. The standard InChI is InChI=1S/C11H20N4O2S/c1-3-4-5-6-13-10(16)8(2)18-11-15-14-9(7-12)17-11/h8H,3-7,12H2,1-2H3,(H,13,16). The van der Waals surface area contributed by atoms with Crippen LogP contribution in [0.4, 0.5) is 0 Å². The minimum atomic E-state index is -0.252. The number of amides is 1. The molecule has 0 spiro atoms. The number of rotatable bonds is 8. The van der Waals surface area contributed by atoms with Gasteiger partial charge in [0, 0.05) is 6.54 Å². The molecule has 0 radical (unpaired) electrons. The summed E-state index contributed by atoms with van der Waals surface area (Å²) in [6.45, 7) is 4.87. The van der Waals surface area contributed by atoms with Gasteiger partial charge in [0.25, 0.3) is 5.22 Å². The largest absolute Gasteiger partial charge is 0.415 e. The molecule has 1 unspecified atom stereocenters. The number of aromatic nitrogens is 2. The first-order chi connectivity index (χ1) is 8.67. The zero-order valence-corrected chi connectivity index (χ0v) is 11.6. The third-order valence-corrected chi connectivity index (χ3v) is 3.28. The lowest BCUT2D eigenvalue weighted by Gasteiger charge is -2.09. The summed E-state index contributed by atoms with van der Waals surface area (Å²) < 4.78 is 5.23. The molecule has 3 N–H and O–H groups in total. The van der Waals surface area contributed by atoms with Crippen molar-refractivity contribution in [2.75, 3.05) is 6.54 Å². The Balaban J connectivity index is 2.30. The van der Waals surface area contributed by atoms with Crippen LogP contribution < -0.4 is 11.1 Å². The Morgan fingerprint density at radius 1 is 1.50 bits per heavy atom. The second-order valence-electron chi connectivity index (χ2n) is 3.92. The van der Waals surface area contributed by atoms with Gasteiger partial charge in [-0.3, -0.25) is 4.79 Å². The topological polar surface area (TPSA) is 94.0 Å². The van der Waals surface area contributed by atoms with Crippen molar-refractivity contribution in [3.63, 3.8) is 0 Å². The first kappa shape index (κ1) is 15.0. The minimum absolute atomic E-state index is 0.0106. The lowest BCUT2D eigenvalue weighted by molar-refractivity contribution is -0.120. The molecule has 6 nitrogen and oxygen atoms in total. The van der Waals surface area contributed by atoms with Crippen LogP contribution in [0.5, 0.6) is 0 Å². The van der Waals surface area contributed by atoms with Crippen LogP contribution in [0.2, 0.25) is 0 Å². The van der Waals surface area contributed by atoms with Gasteiger partial charge in [-0.1, -0.05) is 31.5 Å². The molecule has 7 heteroatoms. The Morgan fingerprint density at radius 2 is 2.28 bits per heavy atom. The van der Waals surface area contributed by atoms with Gasteiger partial charge < -0.3 is 15.5 Å². The number of unbranched alkanes of at least 4 members (excludes halogenated alkanes) is 2. The lowest BCUT2D eigenvalue weighted by atomic mass is 10.2. The normalized spacial score (nSPS) is 12.4. The summed E-state index contributed by atoms with van der Waals surface area (Å²) in [5.74, 6) is 0.372. The molecule has 0 aliphatic rings. The predicted molar refractivity (Wildman–Crippen MR) is 70.0 cm³/mol. The molecule has 1 atom stereocenters. The van der Waals surface area contributed by atoms with Crippen molar-refractivity contribution in [3.05, 3.63) is 5.89 Å².